The van der Waals surface area contributed by atoms with E-state index in [1.54, 1.807) is 4.90 Å². The van der Waals surface area contributed by atoms with Gasteiger partial charge < -0.3 is 20.7 Å². The molecular weight excluding hydrogens is 380 g/mol. The molecule has 1 aliphatic rings. The van der Waals surface area contributed by atoms with Gasteiger partial charge in [0.2, 0.25) is 0 Å². The highest BCUT2D eigenvalue weighted by atomic mass is 19.3. The van der Waals surface area contributed by atoms with Crippen molar-refractivity contribution < 1.29 is 18.3 Å². The Morgan fingerprint density at radius 2 is 1.86 bits per heavy atom. The molecule has 0 aromatic carbocycles. The molecule has 1 rings (SSSR count). The van der Waals surface area contributed by atoms with Crippen molar-refractivity contribution >= 4 is 12.1 Å². The number of alkyl carbamates (subject to hydrolysis) is 1. The summed E-state index contributed by atoms with van der Waals surface area (Å²) in [7, 11) is 0. The van der Waals surface area contributed by atoms with Gasteiger partial charge in [-0.1, -0.05) is 13.8 Å². The van der Waals surface area contributed by atoms with Gasteiger partial charge in [0.15, 0.2) is 5.96 Å². The molecule has 1 aliphatic heterocycles. The maximum absolute atomic E-state index is 12.5. The number of halogens is 2. The highest BCUT2D eigenvalue weighted by Gasteiger charge is 2.23. The van der Waals surface area contributed by atoms with Crippen LogP contribution in [0.2, 0.25) is 0 Å². The molecule has 0 radical (unpaired) electrons. The van der Waals surface area contributed by atoms with Crippen LogP contribution in [-0.2, 0) is 4.74 Å². The quantitative estimate of drug-likeness (QED) is 0.417. The van der Waals surface area contributed by atoms with Gasteiger partial charge >= 0.3 is 6.09 Å². The molecule has 1 amide bonds. The Morgan fingerprint density at radius 3 is 2.34 bits per heavy atom. The fourth-order valence-corrected chi connectivity index (χ4v) is 3.04. The van der Waals surface area contributed by atoms with Crippen molar-refractivity contribution in [2.45, 2.75) is 78.5 Å². The van der Waals surface area contributed by atoms with Crippen LogP contribution in [0.4, 0.5) is 13.6 Å². The van der Waals surface area contributed by atoms with Crippen molar-refractivity contribution in [3.8, 4) is 0 Å². The minimum Gasteiger partial charge on any atom is -0.444 e. The lowest BCUT2D eigenvalue weighted by Crippen LogP contribution is -2.50. The van der Waals surface area contributed by atoms with Gasteiger partial charge in [0.25, 0.3) is 6.43 Å². The number of aliphatic imine (C=N–C) groups is 1. The second-order valence-electron chi connectivity index (χ2n) is 8.83. The molecule has 7 nitrogen and oxygen atoms in total. The molecule has 0 saturated carbocycles. The summed E-state index contributed by atoms with van der Waals surface area (Å²) in [5, 5.41) is 9.51. The molecule has 0 bridgehead atoms. The average Bonchev–Trinajstić information content (AvgIpc) is 2.58. The molecule has 3 N–H and O–H groups in total. The van der Waals surface area contributed by atoms with Crippen molar-refractivity contribution in [2.75, 3.05) is 32.7 Å². The van der Waals surface area contributed by atoms with E-state index in [9.17, 15) is 13.6 Å². The molecule has 1 saturated heterocycles. The standard InChI is InChI=1S/C20H39F2N5O2/c1-7-23-18(25-15-8-10-27(11-9-15)13-17(21)22)24-12-16(14(2)3)26-19(28)29-20(4,5)6/h14-17H,7-13H2,1-6H3,(H,26,28)(H2,23,24,25). The van der Waals surface area contributed by atoms with Crippen LogP contribution in [-0.4, -0.2) is 73.8 Å². The van der Waals surface area contributed by atoms with Crippen LogP contribution in [0.5, 0.6) is 0 Å². The van der Waals surface area contributed by atoms with Crippen molar-refractivity contribution in [2.24, 2.45) is 10.9 Å². The van der Waals surface area contributed by atoms with E-state index >= 15 is 0 Å². The van der Waals surface area contributed by atoms with Gasteiger partial charge in [0, 0.05) is 25.7 Å². The minimum absolute atomic E-state index is 0.159. The second kappa shape index (κ2) is 12.1. The van der Waals surface area contributed by atoms with Crippen molar-refractivity contribution in [1.29, 1.82) is 0 Å². The molecule has 1 heterocycles. The largest absolute Gasteiger partial charge is 0.444 e. The van der Waals surface area contributed by atoms with Crippen LogP contribution in [0.15, 0.2) is 4.99 Å². The van der Waals surface area contributed by atoms with Gasteiger partial charge in [-0.15, -0.1) is 0 Å². The van der Waals surface area contributed by atoms with Gasteiger partial charge in [-0.05, 0) is 46.5 Å². The lowest BCUT2D eigenvalue weighted by atomic mass is 10.0. The Labute approximate surface area is 174 Å². The third kappa shape index (κ3) is 11.2. The van der Waals surface area contributed by atoms with E-state index in [2.05, 4.69) is 20.9 Å². The van der Waals surface area contributed by atoms with E-state index < -0.39 is 18.1 Å². The maximum Gasteiger partial charge on any atom is 0.407 e. The van der Waals surface area contributed by atoms with Gasteiger partial charge in [-0.3, -0.25) is 9.89 Å². The summed E-state index contributed by atoms with van der Waals surface area (Å²) in [6.07, 6.45) is -1.15. The molecular formula is C20H39F2N5O2. The zero-order valence-corrected chi connectivity index (χ0v) is 18.7. The normalized spacial score (nSPS) is 18.1. The van der Waals surface area contributed by atoms with Gasteiger partial charge in [0.1, 0.15) is 5.60 Å². The predicted molar refractivity (Wildman–Crippen MR) is 113 cm³/mol. The number of nitrogens with one attached hydrogen (secondary N) is 3. The summed E-state index contributed by atoms with van der Waals surface area (Å²) in [6, 6.07) is 0.0335. The van der Waals surface area contributed by atoms with Crippen LogP contribution in [0.1, 0.15) is 54.4 Å². The minimum atomic E-state index is -2.29. The topological polar surface area (TPSA) is 78.0 Å². The van der Waals surface area contributed by atoms with E-state index in [0.717, 1.165) is 12.8 Å². The third-order valence-electron chi connectivity index (χ3n) is 4.62. The van der Waals surface area contributed by atoms with Crippen LogP contribution >= 0.6 is 0 Å². The van der Waals surface area contributed by atoms with E-state index in [-0.39, 0.29) is 24.5 Å². The predicted octanol–water partition coefficient (Wildman–Crippen LogP) is 2.82. The number of carbonyl (C=O) groups excluding carboxylic acids is 1. The molecule has 0 aromatic heterocycles. The number of rotatable bonds is 8. The summed E-state index contributed by atoms with van der Waals surface area (Å²) in [5.74, 6) is 0.864. The van der Waals surface area contributed by atoms with Crippen molar-refractivity contribution in [3.63, 3.8) is 0 Å². The number of nitrogens with zero attached hydrogens (tertiary/aromatic N) is 2. The smallest absolute Gasteiger partial charge is 0.407 e. The van der Waals surface area contributed by atoms with E-state index in [1.165, 1.54) is 0 Å². The highest BCUT2D eigenvalue weighted by Crippen LogP contribution is 2.12. The lowest BCUT2D eigenvalue weighted by Gasteiger charge is -2.33. The van der Waals surface area contributed by atoms with Crippen LogP contribution in [0.25, 0.3) is 0 Å². The highest BCUT2D eigenvalue weighted by molar-refractivity contribution is 5.80. The van der Waals surface area contributed by atoms with Crippen LogP contribution in [0.3, 0.4) is 0 Å². The van der Waals surface area contributed by atoms with E-state index in [4.69, 9.17) is 4.74 Å². The SMILES string of the molecule is CCNC(=NCC(NC(=O)OC(C)(C)C)C(C)C)NC1CCN(CC(F)F)CC1. The number of carbonyl (C=O) groups is 1. The fraction of sp³-hybridized carbons (Fsp3) is 0.900. The third-order valence-corrected chi connectivity index (χ3v) is 4.62. The average molecular weight is 420 g/mol. The molecule has 29 heavy (non-hydrogen) atoms. The molecule has 1 fully saturated rings. The molecule has 9 heteroatoms. The Bertz CT molecular complexity index is 515. The molecule has 0 aromatic rings. The van der Waals surface area contributed by atoms with Gasteiger partial charge in [-0.2, -0.15) is 0 Å². The zero-order chi connectivity index (χ0) is 22.0. The summed E-state index contributed by atoms with van der Waals surface area (Å²) < 4.78 is 30.4. The number of ether oxygens (including phenoxy) is 1. The Hall–Kier alpha value is -1.64. The molecule has 1 unspecified atom stereocenters. The summed E-state index contributed by atoms with van der Waals surface area (Å²) in [6.45, 7) is 13.8. The Kier molecular flexibility index (Phi) is 10.6. The fourth-order valence-electron chi connectivity index (χ4n) is 3.04. The molecule has 0 aliphatic carbocycles. The summed E-state index contributed by atoms with van der Waals surface area (Å²) in [5.41, 5.74) is -0.551. The van der Waals surface area contributed by atoms with Gasteiger partial charge in [0.05, 0.1) is 19.1 Å². The number of alkyl halides is 2. The zero-order valence-electron chi connectivity index (χ0n) is 18.7. The van der Waals surface area contributed by atoms with Gasteiger partial charge in [-0.25, -0.2) is 13.6 Å². The second-order valence-corrected chi connectivity index (χ2v) is 8.83. The maximum atomic E-state index is 12.5. The Morgan fingerprint density at radius 1 is 1.24 bits per heavy atom. The van der Waals surface area contributed by atoms with Crippen LogP contribution < -0.4 is 16.0 Å². The van der Waals surface area contributed by atoms with Crippen LogP contribution in [0, 0.1) is 5.92 Å². The first-order valence-corrected chi connectivity index (χ1v) is 10.5. The molecule has 0 spiro atoms. The molecule has 170 valence electrons. The number of guanidine groups is 1. The summed E-state index contributed by atoms with van der Waals surface area (Å²) in [4.78, 5) is 18.5. The first kappa shape index (κ1) is 25.4. The van der Waals surface area contributed by atoms with Crippen molar-refractivity contribution in [3.05, 3.63) is 0 Å². The number of hydrogen-bond donors (Lipinski definition) is 3. The number of hydrogen-bond acceptors (Lipinski definition) is 4. The monoisotopic (exact) mass is 419 g/mol. The Balaban J connectivity index is 2.61. The first-order chi connectivity index (χ1) is 13.5. The lowest BCUT2D eigenvalue weighted by molar-refractivity contribution is 0.0493. The number of amides is 1. The molecule has 1 atom stereocenters. The van der Waals surface area contributed by atoms with Crippen molar-refractivity contribution in [1.82, 2.24) is 20.9 Å². The van der Waals surface area contributed by atoms with E-state index in [0.29, 0.717) is 32.1 Å². The number of likely N-dealkylation sites (tertiary alicyclic amines) is 1. The van der Waals surface area contributed by atoms with E-state index in [1.807, 2.05) is 41.5 Å². The first-order valence-electron chi connectivity index (χ1n) is 10.5. The number of piperidine rings is 1. The summed E-state index contributed by atoms with van der Waals surface area (Å²) >= 11 is 0.